The van der Waals surface area contributed by atoms with Gasteiger partial charge in [0, 0.05) is 0 Å². The molecule has 0 unspecified atom stereocenters. The van der Waals surface area contributed by atoms with E-state index < -0.39 is 23.0 Å². The molecule has 2 aliphatic heterocycles. The highest BCUT2D eigenvalue weighted by Crippen LogP contribution is 2.35. The number of alkyl halides is 3. The van der Waals surface area contributed by atoms with E-state index in [1.54, 1.807) is 24.3 Å². The Bertz CT molecular complexity index is 1260. The SMILES string of the molecule is CC[C@H](C)c1ccccc1OCCOc1ccc(/C=C2/C(=N)N3N=C(C(F)(F)F)SC3=NC2=O)cc1. The Morgan fingerprint density at radius 3 is 2.50 bits per heavy atom. The number of carbonyl (C=O) groups is 1. The van der Waals surface area contributed by atoms with E-state index in [1.165, 1.54) is 6.08 Å². The zero-order valence-electron chi connectivity index (χ0n) is 19.5. The quantitative estimate of drug-likeness (QED) is 0.352. The second kappa shape index (κ2) is 10.6. The van der Waals surface area contributed by atoms with Gasteiger partial charge in [0.1, 0.15) is 24.7 Å². The maximum atomic E-state index is 12.9. The number of rotatable bonds is 8. The number of fused-ring (bicyclic) bond motifs is 1. The fraction of sp³-hybridized carbons (Fsp3) is 0.280. The van der Waals surface area contributed by atoms with Crippen LogP contribution in [-0.4, -0.2) is 46.4 Å². The smallest absolute Gasteiger partial charge is 0.441 e. The van der Waals surface area contributed by atoms with Crippen molar-refractivity contribution in [1.29, 1.82) is 5.41 Å². The number of benzene rings is 2. The molecule has 2 aromatic rings. The second-order valence-corrected chi connectivity index (χ2v) is 8.99. The molecule has 188 valence electrons. The monoisotopic (exact) mass is 516 g/mol. The first kappa shape index (κ1) is 25.5. The molecular formula is C25H23F3N4O3S. The van der Waals surface area contributed by atoms with Crippen molar-refractivity contribution in [3.63, 3.8) is 0 Å². The molecule has 7 nitrogen and oxygen atoms in total. The number of thioether (sulfide) groups is 1. The van der Waals surface area contributed by atoms with Gasteiger partial charge in [-0.2, -0.15) is 28.3 Å². The van der Waals surface area contributed by atoms with Gasteiger partial charge in [0.05, 0.1) is 5.57 Å². The number of ether oxygens (including phenoxy) is 2. The van der Waals surface area contributed by atoms with Crippen LogP contribution in [0.15, 0.2) is 64.2 Å². The van der Waals surface area contributed by atoms with E-state index >= 15 is 0 Å². The normalized spacial score (nSPS) is 17.6. The Hall–Kier alpha value is -3.60. The van der Waals surface area contributed by atoms with Gasteiger partial charge in [-0.05, 0) is 59.5 Å². The first-order valence-electron chi connectivity index (χ1n) is 11.2. The molecule has 4 rings (SSSR count). The number of amides is 1. The predicted octanol–water partition coefficient (Wildman–Crippen LogP) is 5.84. The highest BCUT2D eigenvalue weighted by atomic mass is 32.2. The van der Waals surface area contributed by atoms with E-state index in [0.29, 0.717) is 30.4 Å². The summed E-state index contributed by atoms with van der Waals surface area (Å²) in [5.41, 5.74) is 1.55. The number of carbonyl (C=O) groups excluding carboxylic acids is 1. The van der Waals surface area contributed by atoms with Crippen LogP contribution >= 0.6 is 11.8 Å². The summed E-state index contributed by atoms with van der Waals surface area (Å²) in [6, 6.07) is 14.7. The predicted molar refractivity (Wildman–Crippen MR) is 134 cm³/mol. The van der Waals surface area contributed by atoms with Gasteiger partial charge in [-0.1, -0.05) is 44.2 Å². The second-order valence-electron chi connectivity index (χ2n) is 8.04. The Morgan fingerprint density at radius 1 is 1.11 bits per heavy atom. The summed E-state index contributed by atoms with van der Waals surface area (Å²) in [6.07, 6.45) is -2.29. The molecular weight excluding hydrogens is 493 g/mol. The van der Waals surface area contributed by atoms with Gasteiger partial charge in [0.2, 0.25) is 10.2 Å². The van der Waals surface area contributed by atoms with E-state index in [4.69, 9.17) is 14.9 Å². The lowest BCUT2D eigenvalue weighted by molar-refractivity contribution is -0.114. The minimum absolute atomic E-state index is 0.159. The van der Waals surface area contributed by atoms with Crippen molar-refractivity contribution in [1.82, 2.24) is 5.01 Å². The fourth-order valence-corrected chi connectivity index (χ4v) is 4.24. The maximum Gasteiger partial charge on any atom is 0.441 e. The van der Waals surface area contributed by atoms with Crippen molar-refractivity contribution in [2.75, 3.05) is 13.2 Å². The third-order valence-electron chi connectivity index (χ3n) is 5.56. The molecule has 0 bridgehead atoms. The van der Waals surface area contributed by atoms with Crippen molar-refractivity contribution in [3.8, 4) is 11.5 Å². The third-order valence-corrected chi connectivity index (χ3v) is 6.51. The van der Waals surface area contributed by atoms with Crippen LogP contribution < -0.4 is 9.47 Å². The number of hydrogen-bond acceptors (Lipinski definition) is 6. The minimum atomic E-state index is -4.68. The Balaban J connectivity index is 1.36. The lowest BCUT2D eigenvalue weighted by atomic mass is 9.98. The number of nitrogens with one attached hydrogen (secondary N) is 1. The standard InChI is InChI=1S/C25H23F3N4O3S/c1-3-15(2)18-6-4-5-7-20(18)35-13-12-34-17-10-8-16(9-11-17)14-19-21(29)32-24(30-22(19)33)36-23(31-32)25(26,27)28/h4-11,14-15,29H,3,12-13H2,1-2H3/b19-14-,29-21?/t15-/m0/s1. The zero-order chi connectivity index (χ0) is 25.9. The highest BCUT2D eigenvalue weighted by molar-refractivity contribution is 8.27. The van der Waals surface area contributed by atoms with Crippen LogP contribution in [0.25, 0.3) is 6.08 Å². The summed E-state index contributed by atoms with van der Waals surface area (Å²) in [7, 11) is 0. The van der Waals surface area contributed by atoms with Gasteiger partial charge >= 0.3 is 6.18 Å². The van der Waals surface area contributed by atoms with Gasteiger partial charge in [0.15, 0.2) is 5.84 Å². The number of hydrazone groups is 1. The van der Waals surface area contributed by atoms with Crippen LogP contribution in [0.2, 0.25) is 0 Å². The topological polar surface area (TPSA) is 87.3 Å². The first-order valence-corrected chi connectivity index (χ1v) is 12.0. The summed E-state index contributed by atoms with van der Waals surface area (Å²) >= 11 is 0.216. The van der Waals surface area contributed by atoms with Gasteiger partial charge < -0.3 is 9.47 Å². The maximum absolute atomic E-state index is 12.9. The number of amidine groups is 2. The minimum Gasteiger partial charge on any atom is -0.490 e. The zero-order valence-corrected chi connectivity index (χ0v) is 20.3. The van der Waals surface area contributed by atoms with Crippen molar-refractivity contribution in [3.05, 3.63) is 65.2 Å². The average Bonchev–Trinajstić information content (AvgIpc) is 3.30. The molecule has 2 aromatic carbocycles. The van der Waals surface area contributed by atoms with Crippen LogP contribution in [0.4, 0.5) is 13.2 Å². The Labute approximate surface area is 210 Å². The molecule has 1 atom stereocenters. The first-order chi connectivity index (χ1) is 17.2. The van der Waals surface area contributed by atoms with Crippen molar-refractivity contribution < 1.29 is 27.4 Å². The van der Waals surface area contributed by atoms with Crippen molar-refractivity contribution in [2.45, 2.75) is 32.4 Å². The van der Waals surface area contributed by atoms with E-state index in [9.17, 15) is 18.0 Å². The fourth-order valence-electron chi connectivity index (χ4n) is 3.48. The molecule has 0 saturated heterocycles. The van der Waals surface area contributed by atoms with Gasteiger partial charge in [0.25, 0.3) is 5.91 Å². The van der Waals surface area contributed by atoms with Crippen molar-refractivity contribution in [2.24, 2.45) is 10.1 Å². The molecule has 1 amide bonds. The largest absolute Gasteiger partial charge is 0.490 e. The highest BCUT2D eigenvalue weighted by Gasteiger charge is 2.46. The summed E-state index contributed by atoms with van der Waals surface area (Å²) in [5, 5.41) is 10.8. The molecule has 0 saturated carbocycles. The van der Waals surface area contributed by atoms with Gasteiger partial charge in [-0.25, -0.2) is 0 Å². The molecule has 0 radical (unpaired) electrons. The molecule has 1 N–H and O–H groups in total. The average molecular weight is 517 g/mol. The van der Waals surface area contributed by atoms with Crippen LogP contribution in [0.5, 0.6) is 11.5 Å². The number of aliphatic imine (C=N–C) groups is 1. The van der Waals surface area contributed by atoms with Gasteiger partial charge in [-0.15, -0.1) is 0 Å². The van der Waals surface area contributed by atoms with Crippen LogP contribution in [-0.2, 0) is 4.79 Å². The molecule has 0 aliphatic carbocycles. The molecule has 2 aliphatic rings. The van der Waals surface area contributed by atoms with Crippen LogP contribution in [0, 0.1) is 5.41 Å². The molecule has 36 heavy (non-hydrogen) atoms. The third kappa shape index (κ3) is 5.62. The van der Waals surface area contributed by atoms with E-state index in [0.717, 1.165) is 22.7 Å². The van der Waals surface area contributed by atoms with Gasteiger partial charge in [-0.3, -0.25) is 10.2 Å². The van der Waals surface area contributed by atoms with E-state index in [1.807, 2.05) is 18.2 Å². The summed E-state index contributed by atoms with van der Waals surface area (Å²) < 4.78 is 50.5. The van der Waals surface area contributed by atoms with Crippen LogP contribution in [0.3, 0.4) is 0 Å². The molecule has 2 heterocycles. The lowest BCUT2D eigenvalue weighted by Gasteiger charge is -2.20. The Morgan fingerprint density at radius 2 is 1.81 bits per heavy atom. The number of para-hydroxylation sites is 1. The van der Waals surface area contributed by atoms with Crippen molar-refractivity contribution >= 4 is 39.8 Å². The summed E-state index contributed by atoms with van der Waals surface area (Å²) in [6.45, 7) is 4.96. The summed E-state index contributed by atoms with van der Waals surface area (Å²) in [5.74, 6) is 0.545. The molecule has 0 spiro atoms. The van der Waals surface area contributed by atoms with Crippen LogP contribution in [0.1, 0.15) is 37.3 Å². The van der Waals surface area contributed by atoms with E-state index in [2.05, 4.69) is 30.0 Å². The summed E-state index contributed by atoms with van der Waals surface area (Å²) in [4.78, 5) is 16.0. The number of nitrogens with zero attached hydrogens (tertiary/aromatic N) is 3. The Kier molecular flexibility index (Phi) is 7.48. The molecule has 0 fully saturated rings. The van der Waals surface area contributed by atoms with E-state index in [-0.39, 0.29) is 22.5 Å². The molecule has 0 aromatic heterocycles. The number of halogens is 3. The number of hydrogen-bond donors (Lipinski definition) is 1. The lowest BCUT2D eigenvalue weighted by Crippen LogP contribution is -2.35. The molecule has 11 heteroatoms.